The zero-order valence-electron chi connectivity index (χ0n) is 17.0. The molecule has 11 heteroatoms. The van der Waals surface area contributed by atoms with Gasteiger partial charge in [0.25, 0.3) is 0 Å². The molecule has 0 bridgehead atoms. The first kappa shape index (κ1) is 19.4. The lowest BCUT2D eigenvalue weighted by Crippen LogP contribution is -2.71. The van der Waals surface area contributed by atoms with E-state index in [0.29, 0.717) is 11.4 Å². The second-order valence-electron chi connectivity index (χ2n) is 8.87. The van der Waals surface area contributed by atoms with E-state index in [1.807, 2.05) is 27.7 Å². The second-order valence-corrected chi connectivity index (χ2v) is 10.6. The number of benzene rings is 1. The van der Waals surface area contributed by atoms with Gasteiger partial charge < -0.3 is 9.80 Å². The fraction of sp³-hybridized carbons (Fsp3) is 0.526. The van der Waals surface area contributed by atoms with Crippen LogP contribution < -0.4 is 5.32 Å². The number of aromatic amines is 1. The number of aromatic nitrogens is 4. The summed E-state index contributed by atoms with van der Waals surface area (Å²) >= 11 is 1.64. The Kier molecular flexibility index (Phi) is 4.04. The van der Waals surface area contributed by atoms with Crippen LogP contribution in [0.15, 0.2) is 24.3 Å². The third kappa shape index (κ3) is 2.61. The minimum Gasteiger partial charge on any atom is -0.314 e. The molecule has 3 saturated heterocycles. The number of thioether (sulfide) groups is 1. The Labute approximate surface area is 176 Å². The highest BCUT2D eigenvalue weighted by molar-refractivity contribution is 8.01. The first-order chi connectivity index (χ1) is 14.1. The van der Waals surface area contributed by atoms with Gasteiger partial charge in [0.2, 0.25) is 11.8 Å². The van der Waals surface area contributed by atoms with Crippen LogP contribution >= 0.6 is 11.8 Å². The third-order valence-electron chi connectivity index (χ3n) is 6.08. The standard InChI is InChI=1S/C19H22FN7O2S/c1-18(2)13(14-22-24-25-23-14)26-16(29)12(17(26)30-18)27-15(28)11(21-19(27,3)4)9-5-7-10(20)8-6-9/h5-8,11-13,17,21H,1-4H3,(H,22,23,24,25)/t11?,12?,13?,17-/m1/s1. The van der Waals surface area contributed by atoms with Crippen molar-refractivity contribution in [3.63, 3.8) is 0 Å². The van der Waals surface area contributed by atoms with E-state index < -0.39 is 17.7 Å². The summed E-state index contributed by atoms with van der Waals surface area (Å²) in [6.07, 6.45) is 0. The highest BCUT2D eigenvalue weighted by Gasteiger charge is 2.67. The molecular formula is C19H22FN7O2S. The third-order valence-corrected chi connectivity index (χ3v) is 7.64. The average molecular weight is 431 g/mol. The molecule has 4 atom stereocenters. The van der Waals surface area contributed by atoms with Gasteiger partial charge in [0.15, 0.2) is 5.82 Å². The van der Waals surface area contributed by atoms with Gasteiger partial charge in [-0.2, -0.15) is 5.21 Å². The van der Waals surface area contributed by atoms with Crippen LogP contribution in [0.25, 0.3) is 0 Å². The molecular weight excluding hydrogens is 409 g/mol. The largest absolute Gasteiger partial charge is 0.314 e. The molecule has 9 nitrogen and oxygen atoms in total. The summed E-state index contributed by atoms with van der Waals surface area (Å²) in [5, 5.41) is 17.4. The first-order valence-electron chi connectivity index (χ1n) is 9.71. The van der Waals surface area contributed by atoms with Crippen LogP contribution in [0.3, 0.4) is 0 Å². The fourth-order valence-corrected chi connectivity index (χ4v) is 6.48. The zero-order chi connectivity index (χ0) is 21.4. The highest BCUT2D eigenvalue weighted by atomic mass is 32.2. The molecule has 0 spiro atoms. The van der Waals surface area contributed by atoms with E-state index in [4.69, 9.17) is 0 Å². The van der Waals surface area contributed by atoms with Crippen LogP contribution in [0.2, 0.25) is 0 Å². The van der Waals surface area contributed by atoms with Gasteiger partial charge in [-0.05, 0) is 45.4 Å². The maximum atomic E-state index is 13.4. The summed E-state index contributed by atoms with van der Waals surface area (Å²) < 4.78 is 13.0. The second kappa shape index (κ2) is 6.24. The van der Waals surface area contributed by atoms with Crippen molar-refractivity contribution in [1.29, 1.82) is 0 Å². The number of rotatable bonds is 3. The molecule has 3 unspecified atom stereocenters. The van der Waals surface area contributed by atoms with Crippen LogP contribution in [0.1, 0.15) is 51.2 Å². The summed E-state index contributed by atoms with van der Waals surface area (Å²) in [4.78, 5) is 30.1. The number of tetrazole rings is 1. The Morgan fingerprint density at radius 1 is 1.10 bits per heavy atom. The van der Waals surface area contributed by atoms with Crippen molar-refractivity contribution in [2.24, 2.45) is 0 Å². The Hall–Kier alpha value is -2.53. The topological polar surface area (TPSA) is 107 Å². The van der Waals surface area contributed by atoms with Crippen molar-refractivity contribution in [2.45, 2.75) is 61.6 Å². The lowest BCUT2D eigenvalue weighted by Gasteiger charge is -2.50. The number of carbonyl (C=O) groups excluding carboxylic acids is 2. The van der Waals surface area contributed by atoms with Crippen molar-refractivity contribution in [2.75, 3.05) is 0 Å². The van der Waals surface area contributed by atoms with Gasteiger partial charge >= 0.3 is 0 Å². The summed E-state index contributed by atoms with van der Waals surface area (Å²) in [7, 11) is 0. The minimum atomic E-state index is -0.739. The number of H-pyrrole nitrogens is 1. The number of hydrogen-bond donors (Lipinski definition) is 2. The molecule has 5 rings (SSSR count). The Bertz CT molecular complexity index is 1010. The molecule has 1 aromatic heterocycles. The van der Waals surface area contributed by atoms with E-state index >= 15 is 0 Å². The predicted octanol–water partition coefficient (Wildman–Crippen LogP) is 1.35. The van der Waals surface area contributed by atoms with Crippen LogP contribution in [0.5, 0.6) is 0 Å². The summed E-state index contributed by atoms with van der Waals surface area (Å²) in [5.74, 6) is -0.208. The quantitative estimate of drug-likeness (QED) is 0.707. The normalized spacial score (nSPS) is 31.8. The molecule has 158 valence electrons. The summed E-state index contributed by atoms with van der Waals surface area (Å²) in [5.41, 5.74) is -0.0676. The van der Waals surface area contributed by atoms with E-state index in [-0.39, 0.29) is 33.8 Å². The number of carbonyl (C=O) groups is 2. The summed E-state index contributed by atoms with van der Waals surface area (Å²) in [6.45, 7) is 7.84. The SMILES string of the molecule is CC1(C)S[C@@H]2C(N3C(=O)C(c4ccc(F)cc4)NC3(C)C)C(=O)N2C1c1nn[nH]n1. The van der Waals surface area contributed by atoms with Gasteiger partial charge in [-0.1, -0.05) is 17.3 Å². The van der Waals surface area contributed by atoms with E-state index in [2.05, 4.69) is 25.9 Å². The van der Waals surface area contributed by atoms with Crippen molar-refractivity contribution >= 4 is 23.6 Å². The molecule has 30 heavy (non-hydrogen) atoms. The molecule has 2 aromatic rings. The highest BCUT2D eigenvalue weighted by Crippen LogP contribution is 2.58. The number of β-lactam (4-membered cyclic amide) rings is 1. The summed E-state index contributed by atoms with van der Waals surface area (Å²) in [6, 6.07) is 4.32. The van der Waals surface area contributed by atoms with Gasteiger partial charge in [-0.15, -0.1) is 22.0 Å². The lowest BCUT2D eigenvalue weighted by atomic mass is 9.93. The van der Waals surface area contributed by atoms with Crippen molar-refractivity contribution in [3.8, 4) is 0 Å². The number of nitrogens with one attached hydrogen (secondary N) is 2. The van der Waals surface area contributed by atoms with Crippen LogP contribution in [-0.2, 0) is 9.59 Å². The van der Waals surface area contributed by atoms with Crippen LogP contribution in [0.4, 0.5) is 4.39 Å². The Morgan fingerprint density at radius 3 is 2.43 bits per heavy atom. The van der Waals surface area contributed by atoms with E-state index in [0.717, 1.165) is 0 Å². The van der Waals surface area contributed by atoms with Crippen molar-refractivity contribution < 1.29 is 14.0 Å². The Balaban J connectivity index is 1.46. The van der Waals surface area contributed by atoms with E-state index in [1.165, 1.54) is 12.1 Å². The smallest absolute Gasteiger partial charge is 0.250 e. The molecule has 0 aliphatic carbocycles. The lowest BCUT2D eigenvalue weighted by molar-refractivity contribution is -0.165. The molecule has 4 heterocycles. The van der Waals surface area contributed by atoms with Gasteiger partial charge in [0, 0.05) is 4.75 Å². The van der Waals surface area contributed by atoms with Crippen molar-refractivity contribution in [3.05, 3.63) is 41.5 Å². The maximum Gasteiger partial charge on any atom is 0.250 e. The number of halogens is 1. The fourth-order valence-electron chi connectivity index (χ4n) is 4.80. The molecule has 2 N–H and O–H groups in total. The van der Waals surface area contributed by atoms with Crippen molar-refractivity contribution in [1.82, 2.24) is 35.7 Å². The van der Waals surface area contributed by atoms with Gasteiger partial charge in [0.05, 0.1) is 5.66 Å². The van der Waals surface area contributed by atoms with E-state index in [9.17, 15) is 14.0 Å². The number of nitrogens with zero attached hydrogens (tertiary/aromatic N) is 5. The van der Waals surface area contributed by atoms with Crippen LogP contribution in [-0.4, -0.2) is 64.1 Å². The maximum absolute atomic E-state index is 13.4. The first-order valence-corrected chi connectivity index (χ1v) is 10.6. The molecule has 0 radical (unpaired) electrons. The molecule has 3 aliphatic heterocycles. The van der Waals surface area contributed by atoms with Gasteiger partial charge in [-0.25, -0.2) is 4.39 Å². The monoisotopic (exact) mass is 431 g/mol. The number of amides is 2. The predicted molar refractivity (Wildman–Crippen MR) is 106 cm³/mol. The molecule has 1 aromatic carbocycles. The molecule has 3 fully saturated rings. The Morgan fingerprint density at radius 2 is 1.80 bits per heavy atom. The van der Waals surface area contributed by atoms with Gasteiger partial charge in [-0.3, -0.25) is 14.9 Å². The average Bonchev–Trinajstić information content (AvgIpc) is 3.33. The number of fused-ring (bicyclic) bond motifs is 1. The zero-order valence-corrected chi connectivity index (χ0v) is 17.8. The molecule has 2 amide bonds. The number of hydrogen-bond acceptors (Lipinski definition) is 7. The molecule has 3 aliphatic rings. The van der Waals surface area contributed by atoms with Crippen LogP contribution in [0, 0.1) is 5.82 Å². The van der Waals surface area contributed by atoms with Gasteiger partial charge in [0.1, 0.15) is 29.3 Å². The minimum absolute atomic E-state index is 0.129. The molecule has 0 saturated carbocycles. The van der Waals surface area contributed by atoms with E-state index in [1.54, 1.807) is 33.7 Å².